The van der Waals surface area contributed by atoms with Crippen molar-refractivity contribution in [3.63, 3.8) is 0 Å². The predicted molar refractivity (Wildman–Crippen MR) is 63.4 cm³/mol. The van der Waals surface area contributed by atoms with Gasteiger partial charge in [0.25, 0.3) is 0 Å². The Kier molecular flexibility index (Phi) is 5.29. The summed E-state index contributed by atoms with van der Waals surface area (Å²) < 4.78 is 0.988. The quantitative estimate of drug-likeness (QED) is 0.735. The van der Waals surface area contributed by atoms with Crippen LogP contribution in [0.4, 0.5) is 0 Å². The van der Waals surface area contributed by atoms with Crippen molar-refractivity contribution in [2.45, 2.75) is 56.8 Å². The van der Waals surface area contributed by atoms with Gasteiger partial charge in [0.1, 0.15) is 0 Å². The lowest BCUT2D eigenvalue weighted by molar-refractivity contribution is 0.204. The lowest BCUT2D eigenvalue weighted by atomic mass is 10.0. The van der Waals surface area contributed by atoms with Gasteiger partial charge in [-0.1, -0.05) is 31.5 Å². The highest BCUT2D eigenvalue weighted by Gasteiger charge is 2.16. The van der Waals surface area contributed by atoms with E-state index in [1.807, 2.05) is 11.8 Å². The Bertz CT molecular complexity index is 162. The van der Waals surface area contributed by atoms with E-state index in [2.05, 4.69) is 0 Å². The molecular weight excluding hydrogens is 200 g/mol. The predicted octanol–water partition coefficient (Wildman–Crippen LogP) is 3.15. The van der Waals surface area contributed by atoms with Crippen molar-refractivity contribution in [3.8, 4) is 0 Å². The highest BCUT2D eigenvalue weighted by Crippen LogP contribution is 2.30. The minimum atomic E-state index is -0.274. The van der Waals surface area contributed by atoms with E-state index < -0.39 is 0 Å². The normalized spacial score (nSPS) is 21.4. The summed E-state index contributed by atoms with van der Waals surface area (Å²) in [7, 11) is 0. The Balaban J connectivity index is 2.18. The van der Waals surface area contributed by atoms with Gasteiger partial charge in [0.05, 0.1) is 10.3 Å². The van der Waals surface area contributed by atoms with Crippen molar-refractivity contribution >= 4 is 28.2 Å². The molecule has 1 aliphatic rings. The van der Waals surface area contributed by atoms with Crippen molar-refractivity contribution in [1.29, 1.82) is 0 Å². The molecule has 0 spiro atoms. The molecule has 1 N–H and O–H groups in total. The average molecular weight is 218 g/mol. The molecule has 0 aromatic heterocycles. The van der Waals surface area contributed by atoms with Crippen molar-refractivity contribution in [3.05, 3.63) is 0 Å². The molecule has 0 radical (unpaired) electrons. The third-order valence-electron chi connectivity index (χ3n) is 2.31. The molecule has 0 bridgehead atoms. The zero-order chi connectivity index (χ0) is 9.68. The van der Waals surface area contributed by atoms with Gasteiger partial charge in [0.2, 0.25) is 0 Å². The maximum absolute atomic E-state index is 9.15. The van der Waals surface area contributed by atoms with E-state index in [4.69, 9.17) is 17.3 Å². The zero-order valence-electron chi connectivity index (χ0n) is 8.16. The first-order chi connectivity index (χ1) is 6.18. The van der Waals surface area contributed by atoms with E-state index in [1.165, 1.54) is 32.1 Å². The minimum absolute atomic E-state index is 0.274. The summed E-state index contributed by atoms with van der Waals surface area (Å²) in [4.78, 5) is 0. The molecule has 0 saturated heterocycles. The number of aliphatic hydroxyl groups excluding tert-OH is 1. The monoisotopic (exact) mass is 218 g/mol. The summed E-state index contributed by atoms with van der Waals surface area (Å²) in [5.41, 5.74) is 0. The summed E-state index contributed by atoms with van der Waals surface area (Å²) in [6, 6.07) is 0. The fourth-order valence-corrected chi connectivity index (χ4v) is 3.59. The molecule has 0 heterocycles. The summed E-state index contributed by atoms with van der Waals surface area (Å²) >= 11 is 7.03. The minimum Gasteiger partial charge on any atom is -0.393 e. The van der Waals surface area contributed by atoms with Crippen LogP contribution in [0.2, 0.25) is 0 Å². The summed E-state index contributed by atoms with van der Waals surface area (Å²) in [5, 5.41) is 9.89. The molecule has 76 valence electrons. The Morgan fingerprint density at radius 3 is 2.62 bits per heavy atom. The second-order valence-electron chi connectivity index (χ2n) is 3.80. The van der Waals surface area contributed by atoms with Crippen molar-refractivity contribution < 1.29 is 5.11 Å². The van der Waals surface area contributed by atoms with Gasteiger partial charge in [-0.25, -0.2) is 0 Å². The van der Waals surface area contributed by atoms with Gasteiger partial charge >= 0.3 is 0 Å². The summed E-state index contributed by atoms with van der Waals surface area (Å²) in [5.74, 6) is 0. The van der Waals surface area contributed by atoms with Crippen LogP contribution < -0.4 is 0 Å². The van der Waals surface area contributed by atoms with E-state index in [9.17, 15) is 0 Å². The molecule has 0 amide bonds. The van der Waals surface area contributed by atoms with Gasteiger partial charge in [-0.2, -0.15) is 0 Å². The average Bonchev–Trinajstić information content (AvgIpc) is 2.04. The third kappa shape index (κ3) is 4.99. The maximum Gasteiger partial charge on any atom is 0.0565 e. The largest absolute Gasteiger partial charge is 0.393 e. The van der Waals surface area contributed by atoms with Crippen LogP contribution in [0, 0.1) is 0 Å². The number of hydrogen-bond acceptors (Lipinski definition) is 3. The van der Waals surface area contributed by atoms with Gasteiger partial charge < -0.3 is 5.11 Å². The molecule has 1 unspecified atom stereocenters. The number of thioether (sulfide) groups is 1. The lowest BCUT2D eigenvalue weighted by Gasteiger charge is -2.21. The molecule has 0 aromatic carbocycles. The van der Waals surface area contributed by atoms with E-state index in [-0.39, 0.29) is 6.10 Å². The van der Waals surface area contributed by atoms with Crippen LogP contribution in [0.1, 0.15) is 45.4 Å². The van der Waals surface area contributed by atoms with Crippen LogP contribution in [0.5, 0.6) is 0 Å². The lowest BCUT2D eigenvalue weighted by Crippen LogP contribution is -2.13. The maximum atomic E-state index is 9.15. The molecule has 3 heteroatoms. The number of hydrogen-bond donors (Lipinski definition) is 1. The molecule has 0 aromatic rings. The first-order valence-corrected chi connectivity index (χ1v) is 6.35. The van der Waals surface area contributed by atoms with Gasteiger partial charge in [-0.05, 0) is 19.8 Å². The number of aliphatic hydroxyl groups is 1. The first kappa shape index (κ1) is 11.5. The standard InChI is InChI=1S/C10H18OS2/c1-8(11)7-10(12)13-9-5-3-2-4-6-9/h8-9,11H,2-7H2,1H3. The van der Waals surface area contributed by atoms with Crippen molar-refractivity contribution in [2.75, 3.05) is 0 Å². The van der Waals surface area contributed by atoms with Crippen LogP contribution in [-0.4, -0.2) is 20.7 Å². The Hall–Kier alpha value is 0.400. The van der Waals surface area contributed by atoms with E-state index >= 15 is 0 Å². The third-order valence-corrected chi connectivity index (χ3v) is 4.00. The number of thiocarbonyl (C=S) groups is 1. The smallest absolute Gasteiger partial charge is 0.0565 e. The zero-order valence-corrected chi connectivity index (χ0v) is 9.79. The second-order valence-corrected chi connectivity index (χ2v) is 5.95. The van der Waals surface area contributed by atoms with Crippen LogP contribution in [0.3, 0.4) is 0 Å². The van der Waals surface area contributed by atoms with Gasteiger partial charge in [0.15, 0.2) is 0 Å². The molecule has 1 fully saturated rings. The fourth-order valence-electron chi connectivity index (χ4n) is 1.66. The topological polar surface area (TPSA) is 20.2 Å². The molecule has 1 atom stereocenters. The SMILES string of the molecule is CC(O)CC(=S)SC1CCCCC1. The Morgan fingerprint density at radius 1 is 1.46 bits per heavy atom. The molecule has 1 aliphatic carbocycles. The van der Waals surface area contributed by atoms with Crippen LogP contribution in [0.15, 0.2) is 0 Å². The van der Waals surface area contributed by atoms with Gasteiger partial charge in [-0.15, -0.1) is 11.8 Å². The van der Waals surface area contributed by atoms with Crippen LogP contribution in [0.25, 0.3) is 0 Å². The molecule has 1 saturated carbocycles. The Labute approximate surface area is 90.3 Å². The Morgan fingerprint density at radius 2 is 2.08 bits per heavy atom. The molecular formula is C10H18OS2. The van der Waals surface area contributed by atoms with E-state index in [0.717, 1.165) is 9.45 Å². The summed E-state index contributed by atoms with van der Waals surface area (Å²) in [6.45, 7) is 1.80. The van der Waals surface area contributed by atoms with Crippen molar-refractivity contribution in [2.24, 2.45) is 0 Å². The highest BCUT2D eigenvalue weighted by molar-refractivity contribution is 8.23. The van der Waals surface area contributed by atoms with Crippen LogP contribution >= 0.6 is 24.0 Å². The second kappa shape index (κ2) is 5.99. The van der Waals surface area contributed by atoms with Crippen molar-refractivity contribution in [1.82, 2.24) is 0 Å². The summed E-state index contributed by atoms with van der Waals surface area (Å²) in [6.07, 6.45) is 7.12. The highest BCUT2D eigenvalue weighted by atomic mass is 32.2. The van der Waals surface area contributed by atoms with E-state index in [1.54, 1.807) is 6.92 Å². The van der Waals surface area contributed by atoms with E-state index in [0.29, 0.717) is 6.42 Å². The molecule has 13 heavy (non-hydrogen) atoms. The molecule has 0 aliphatic heterocycles. The van der Waals surface area contributed by atoms with Gasteiger partial charge in [0, 0.05) is 11.7 Å². The molecule has 1 nitrogen and oxygen atoms in total. The van der Waals surface area contributed by atoms with Gasteiger partial charge in [-0.3, -0.25) is 0 Å². The molecule has 1 rings (SSSR count). The fraction of sp³-hybridized carbons (Fsp3) is 0.900. The first-order valence-electron chi connectivity index (χ1n) is 5.06. The van der Waals surface area contributed by atoms with Crippen LogP contribution in [-0.2, 0) is 0 Å². The number of rotatable bonds is 3.